The number of esters is 1. The molecule has 0 unspecified atom stereocenters. The zero-order valence-electron chi connectivity index (χ0n) is 26.4. The van der Waals surface area contributed by atoms with Crippen LogP contribution in [0, 0.1) is 11.6 Å². The Morgan fingerprint density at radius 1 is 1.10 bits per heavy atom. The van der Waals surface area contributed by atoms with Gasteiger partial charge in [0.05, 0.1) is 27.2 Å². The number of anilines is 1. The molecule has 15 heteroatoms. The summed E-state index contributed by atoms with van der Waals surface area (Å²) in [6.45, 7) is 7.17. The first-order chi connectivity index (χ1) is 22.8. The molecule has 1 amide bonds. The van der Waals surface area contributed by atoms with Crippen LogP contribution in [0.15, 0.2) is 58.9 Å². The number of piperazine rings is 1. The second kappa shape index (κ2) is 12.5. The van der Waals surface area contributed by atoms with E-state index in [1.807, 2.05) is 6.92 Å². The number of sulfone groups is 1. The van der Waals surface area contributed by atoms with E-state index in [0.29, 0.717) is 18.5 Å². The van der Waals surface area contributed by atoms with Crippen LogP contribution in [0.5, 0.6) is 5.75 Å². The molecule has 0 bridgehead atoms. The molecule has 1 aliphatic carbocycles. The van der Waals surface area contributed by atoms with Gasteiger partial charge < -0.3 is 14.5 Å². The molecule has 0 spiro atoms. The van der Waals surface area contributed by atoms with Crippen LogP contribution in [-0.2, 0) is 19.4 Å². The first-order valence-electron chi connectivity index (χ1n) is 15.3. The Kier molecular flexibility index (Phi) is 8.58. The third-order valence-corrected chi connectivity index (χ3v) is 9.81. The second-order valence-corrected chi connectivity index (χ2v) is 13.9. The number of rotatable bonds is 7. The first-order valence-corrected chi connectivity index (χ1v) is 17.2. The molecular weight excluding hydrogens is 646 g/mol. The monoisotopic (exact) mass is 678 g/mol. The summed E-state index contributed by atoms with van der Waals surface area (Å²) in [5.41, 5.74) is -1.91. The lowest BCUT2D eigenvalue weighted by Crippen LogP contribution is -2.54. The molecule has 0 radical (unpaired) electrons. The van der Waals surface area contributed by atoms with Crippen molar-refractivity contribution in [3.8, 4) is 22.7 Å². The number of amides is 1. The Balaban J connectivity index is 1.70. The van der Waals surface area contributed by atoms with Gasteiger partial charge in [0.2, 0.25) is 5.91 Å². The highest BCUT2D eigenvalue weighted by molar-refractivity contribution is 7.90. The third-order valence-electron chi connectivity index (χ3n) is 8.68. The normalized spacial score (nSPS) is 16.9. The zero-order chi connectivity index (χ0) is 34.5. The summed E-state index contributed by atoms with van der Waals surface area (Å²) in [5.74, 6) is -3.45. The van der Waals surface area contributed by atoms with Crippen LogP contribution in [0.3, 0.4) is 0 Å². The van der Waals surface area contributed by atoms with Gasteiger partial charge in [0, 0.05) is 51.0 Å². The van der Waals surface area contributed by atoms with Crippen molar-refractivity contribution in [3.63, 3.8) is 0 Å². The number of aromatic nitrogens is 4. The van der Waals surface area contributed by atoms with E-state index >= 15 is 8.78 Å². The number of nitrogens with zero attached hydrogens (tertiary/aromatic N) is 6. The van der Waals surface area contributed by atoms with Crippen molar-refractivity contribution in [1.29, 1.82) is 0 Å². The standard InChI is InChI=1S/C33H32F2N6O6S/c1-5-26(43)39-14-15-40(18(2)17-39)31-21-16-23(35)29(27-22(34)10-7-11-24(27)47-19(3)42)37-32(21)41(33(44)38-31)30-25(48(4,45)46)12-13-36-28(30)20-8-6-9-20/h5,7,10-13,16,18,20H,1,6,8-9,14-15,17H2,2-4H3/t18-/m0/s1. The van der Waals surface area contributed by atoms with Gasteiger partial charge in [-0.05, 0) is 50.1 Å². The maximum Gasteiger partial charge on any atom is 0.355 e. The molecule has 2 fully saturated rings. The van der Waals surface area contributed by atoms with Gasteiger partial charge in [-0.2, -0.15) is 4.98 Å². The Labute approximate surface area is 274 Å². The highest BCUT2D eigenvalue weighted by Gasteiger charge is 2.34. The molecule has 3 aromatic heterocycles. The van der Waals surface area contributed by atoms with E-state index in [4.69, 9.17) is 4.74 Å². The fraction of sp³-hybridized carbons (Fsp3) is 0.333. The molecule has 250 valence electrons. The zero-order valence-corrected chi connectivity index (χ0v) is 27.3. The summed E-state index contributed by atoms with van der Waals surface area (Å²) in [6, 6.07) is 5.53. The summed E-state index contributed by atoms with van der Waals surface area (Å²) < 4.78 is 64.2. The molecule has 0 N–H and O–H groups in total. The van der Waals surface area contributed by atoms with Crippen LogP contribution in [-0.4, -0.2) is 76.6 Å². The average Bonchev–Trinajstić information content (AvgIpc) is 2.99. The maximum atomic E-state index is 16.3. The fourth-order valence-corrected chi connectivity index (χ4v) is 7.09. The predicted molar refractivity (Wildman–Crippen MR) is 173 cm³/mol. The Morgan fingerprint density at radius 2 is 1.85 bits per heavy atom. The van der Waals surface area contributed by atoms with Crippen LogP contribution in [0.25, 0.3) is 28.0 Å². The lowest BCUT2D eigenvalue weighted by molar-refractivity contribution is -0.132. The Morgan fingerprint density at radius 3 is 2.48 bits per heavy atom. The number of fused-ring (bicyclic) bond motifs is 1. The number of hydrogen-bond donors (Lipinski definition) is 0. The molecule has 1 saturated heterocycles. The van der Waals surface area contributed by atoms with Gasteiger partial charge in [-0.15, -0.1) is 0 Å². The predicted octanol–water partition coefficient (Wildman–Crippen LogP) is 3.94. The summed E-state index contributed by atoms with van der Waals surface area (Å²) in [4.78, 5) is 54.9. The van der Waals surface area contributed by atoms with Crippen molar-refractivity contribution in [2.75, 3.05) is 30.8 Å². The SMILES string of the molecule is C=CC(=O)N1CCN(c2nc(=O)n(-c3c(S(C)(=O)=O)ccnc3C3CCC3)c3nc(-c4c(F)cccc4OC(C)=O)c(F)cc23)[C@@H](C)C1. The Hall–Kier alpha value is -5.05. The largest absolute Gasteiger partial charge is 0.426 e. The highest BCUT2D eigenvalue weighted by Crippen LogP contribution is 2.41. The summed E-state index contributed by atoms with van der Waals surface area (Å²) in [5, 5.41) is 0.0273. The van der Waals surface area contributed by atoms with E-state index in [1.165, 1.54) is 30.5 Å². The van der Waals surface area contributed by atoms with Crippen molar-refractivity contribution < 1.29 is 31.5 Å². The van der Waals surface area contributed by atoms with E-state index in [2.05, 4.69) is 21.5 Å². The quantitative estimate of drug-likeness (QED) is 0.160. The van der Waals surface area contributed by atoms with Gasteiger partial charge in [-0.3, -0.25) is 14.6 Å². The van der Waals surface area contributed by atoms with E-state index in [1.54, 1.807) is 9.80 Å². The average molecular weight is 679 g/mol. The van der Waals surface area contributed by atoms with Crippen molar-refractivity contribution in [2.45, 2.75) is 50.0 Å². The number of halogens is 2. The van der Waals surface area contributed by atoms with Crippen molar-refractivity contribution >= 4 is 38.6 Å². The van der Waals surface area contributed by atoms with E-state index in [0.717, 1.165) is 36.3 Å². The molecule has 4 heterocycles. The van der Waals surface area contributed by atoms with Crippen LogP contribution in [0.4, 0.5) is 14.6 Å². The molecule has 1 saturated carbocycles. The van der Waals surface area contributed by atoms with E-state index in [-0.39, 0.29) is 64.6 Å². The van der Waals surface area contributed by atoms with Gasteiger partial charge in [0.25, 0.3) is 0 Å². The number of carbonyl (C=O) groups is 2. The maximum absolute atomic E-state index is 16.3. The van der Waals surface area contributed by atoms with E-state index in [9.17, 15) is 22.8 Å². The minimum Gasteiger partial charge on any atom is -0.426 e. The number of carbonyl (C=O) groups excluding carboxylic acids is 2. The molecular formula is C33H32F2N6O6S. The van der Waals surface area contributed by atoms with Crippen LogP contribution >= 0.6 is 0 Å². The number of pyridine rings is 2. The number of ether oxygens (including phenoxy) is 1. The van der Waals surface area contributed by atoms with Crippen LogP contribution in [0.2, 0.25) is 0 Å². The van der Waals surface area contributed by atoms with Crippen molar-refractivity contribution in [3.05, 3.63) is 77.0 Å². The first kappa shape index (κ1) is 32.9. The van der Waals surface area contributed by atoms with Crippen LogP contribution < -0.4 is 15.3 Å². The Bertz CT molecular complexity index is 2170. The summed E-state index contributed by atoms with van der Waals surface area (Å²) in [6.07, 6.45) is 5.84. The molecule has 1 aliphatic heterocycles. The van der Waals surface area contributed by atoms with E-state index < -0.39 is 50.4 Å². The lowest BCUT2D eigenvalue weighted by atomic mass is 9.82. The molecule has 4 aromatic rings. The van der Waals surface area contributed by atoms with Crippen molar-refractivity contribution in [1.82, 2.24) is 24.4 Å². The minimum atomic E-state index is -3.96. The smallest absolute Gasteiger partial charge is 0.355 e. The van der Waals surface area contributed by atoms with Crippen LogP contribution in [0.1, 0.15) is 44.7 Å². The molecule has 2 aliphatic rings. The molecule has 6 rings (SSSR count). The topological polar surface area (TPSA) is 145 Å². The molecule has 1 aromatic carbocycles. The number of benzene rings is 1. The second-order valence-electron chi connectivity index (χ2n) is 11.9. The summed E-state index contributed by atoms with van der Waals surface area (Å²) >= 11 is 0. The minimum absolute atomic E-state index is 0.0273. The number of hydrogen-bond acceptors (Lipinski definition) is 10. The van der Waals surface area contributed by atoms with Gasteiger partial charge in [-0.1, -0.05) is 19.1 Å². The van der Waals surface area contributed by atoms with Gasteiger partial charge in [0.15, 0.2) is 21.3 Å². The highest BCUT2D eigenvalue weighted by atomic mass is 32.2. The summed E-state index contributed by atoms with van der Waals surface area (Å²) in [7, 11) is -3.96. The fourth-order valence-electron chi connectivity index (χ4n) is 6.23. The van der Waals surface area contributed by atoms with Crippen molar-refractivity contribution in [2.24, 2.45) is 0 Å². The lowest BCUT2D eigenvalue weighted by Gasteiger charge is -2.40. The molecule has 1 atom stereocenters. The third kappa shape index (κ3) is 5.82. The molecule has 48 heavy (non-hydrogen) atoms. The van der Waals surface area contributed by atoms with Gasteiger partial charge in [-0.25, -0.2) is 31.5 Å². The van der Waals surface area contributed by atoms with Gasteiger partial charge >= 0.3 is 11.7 Å². The molecule has 12 nitrogen and oxygen atoms in total. The van der Waals surface area contributed by atoms with Gasteiger partial charge in [0.1, 0.15) is 23.1 Å².